The van der Waals surface area contributed by atoms with E-state index in [0.29, 0.717) is 10.1 Å². The average Bonchev–Trinajstić information content (AvgIpc) is 2.64. The topological polar surface area (TPSA) is 60.7 Å². The first-order valence-corrected chi connectivity index (χ1v) is 6.15. The Bertz CT molecular complexity index is 562. The third-order valence-corrected chi connectivity index (χ3v) is 3.08. The average molecular weight is 251 g/mol. The molecule has 1 aromatic carbocycles. The van der Waals surface area contributed by atoms with Gasteiger partial charge in [-0.25, -0.2) is 0 Å². The number of azo groups is 1. The van der Waals surface area contributed by atoms with Gasteiger partial charge in [-0.2, -0.15) is 0 Å². The molecule has 0 atom stereocenters. The van der Waals surface area contributed by atoms with Gasteiger partial charge in [-0.1, -0.05) is 23.9 Å². The Hall–Kier alpha value is -1.40. The van der Waals surface area contributed by atoms with Crippen molar-refractivity contribution in [3.63, 3.8) is 0 Å². The Morgan fingerprint density at radius 2 is 2.19 bits per heavy atom. The molecule has 2 aromatic rings. The van der Waals surface area contributed by atoms with E-state index in [1.54, 1.807) is 0 Å². The van der Waals surface area contributed by atoms with Crippen molar-refractivity contribution >= 4 is 45.0 Å². The van der Waals surface area contributed by atoms with Gasteiger partial charge >= 0.3 is 0 Å². The van der Waals surface area contributed by atoms with E-state index in [1.165, 1.54) is 11.8 Å². The molecule has 0 saturated carbocycles. The Balaban J connectivity index is 2.42. The van der Waals surface area contributed by atoms with E-state index in [-0.39, 0.29) is 5.75 Å². The van der Waals surface area contributed by atoms with Crippen molar-refractivity contribution < 1.29 is 5.11 Å². The van der Waals surface area contributed by atoms with Gasteiger partial charge in [0.05, 0.1) is 5.52 Å². The SMILES string of the molecule is CSC(=S)N=Nc1[nH]c2ccccc2c1O. The smallest absolute Gasteiger partial charge is 0.196 e. The van der Waals surface area contributed by atoms with E-state index < -0.39 is 0 Å². The summed E-state index contributed by atoms with van der Waals surface area (Å²) in [5.74, 6) is 0.431. The van der Waals surface area contributed by atoms with E-state index in [4.69, 9.17) is 12.2 Å². The molecule has 6 heteroatoms. The summed E-state index contributed by atoms with van der Waals surface area (Å²) in [7, 11) is 0. The maximum atomic E-state index is 9.84. The molecule has 82 valence electrons. The molecule has 1 aromatic heterocycles. The summed E-state index contributed by atoms with van der Waals surface area (Å²) in [5.41, 5.74) is 0.823. The highest BCUT2D eigenvalue weighted by molar-refractivity contribution is 8.22. The molecule has 0 radical (unpaired) electrons. The van der Waals surface area contributed by atoms with Crippen molar-refractivity contribution in [1.29, 1.82) is 0 Å². The quantitative estimate of drug-likeness (QED) is 0.601. The number of fused-ring (bicyclic) bond motifs is 1. The molecule has 0 aliphatic carbocycles. The molecule has 0 aliphatic rings. The lowest BCUT2D eigenvalue weighted by Crippen LogP contribution is -1.75. The minimum atomic E-state index is 0.100. The molecule has 2 N–H and O–H groups in total. The van der Waals surface area contributed by atoms with Crippen LogP contribution in [0, 0.1) is 0 Å². The van der Waals surface area contributed by atoms with Gasteiger partial charge in [-0.05, 0) is 30.6 Å². The number of nitrogens with zero attached hydrogens (tertiary/aromatic N) is 2. The van der Waals surface area contributed by atoms with E-state index in [2.05, 4.69) is 15.2 Å². The van der Waals surface area contributed by atoms with Crippen molar-refractivity contribution in [3.05, 3.63) is 24.3 Å². The monoisotopic (exact) mass is 251 g/mol. The predicted octanol–water partition coefficient (Wildman–Crippen LogP) is 3.61. The van der Waals surface area contributed by atoms with Crippen LogP contribution in [0.25, 0.3) is 10.9 Å². The number of thiocarbonyl (C=S) groups is 1. The summed E-state index contributed by atoms with van der Waals surface area (Å²) in [5, 5.41) is 18.2. The number of aromatic nitrogens is 1. The number of H-pyrrole nitrogens is 1. The molecule has 0 unspecified atom stereocenters. The zero-order chi connectivity index (χ0) is 11.5. The van der Waals surface area contributed by atoms with Gasteiger partial charge in [0.15, 0.2) is 15.9 Å². The lowest BCUT2D eigenvalue weighted by Gasteiger charge is -1.89. The number of para-hydroxylation sites is 1. The van der Waals surface area contributed by atoms with Gasteiger partial charge in [0.25, 0.3) is 0 Å². The van der Waals surface area contributed by atoms with Gasteiger partial charge < -0.3 is 10.1 Å². The summed E-state index contributed by atoms with van der Waals surface area (Å²) >= 11 is 6.22. The summed E-state index contributed by atoms with van der Waals surface area (Å²) in [6, 6.07) is 7.41. The molecule has 0 amide bonds. The molecule has 2 rings (SSSR count). The first kappa shape index (κ1) is 11.1. The van der Waals surface area contributed by atoms with Crippen LogP contribution in [0.4, 0.5) is 5.82 Å². The van der Waals surface area contributed by atoms with Gasteiger partial charge in [-0.15, -0.1) is 10.2 Å². The van der Waals surface area contributed by atoms with E-state index >= 15 is 0 Å². The third-order valence-electron chi connectivity index (χ3n) is 2.07. The molecule has 0 aliphatic heterocycles. The molecule has 0 saturated heterocycles. The van der Waals surface area contributed by atoms with Gasteiger partial charge in [0, 0.05) is 5.39 Å². The largest absolute Gasteiger partial charge is 0.504 e. The fourth-order valence-corrected chi connectivity index (χ4v) is 1.48. The van der Waals surface area contributed by atoms with Gasteiger partial charge in [0.1, 0.15) is 0 Å². The fraction of sp³-hybridized carbons (Fsp3) is 0.100. The standard InChI is InChI=1S/C10H9N3OS2/c1-16-10(15)13-12-9-8(14)6-4-2-3-5-7(6)11-9/h2-5,11,14H,1H3. The molecular weight excluding hydrogens is 242 g/mol. The summed E-state index contributed by atoms with van der Waals surface area (Å²) in [6.07, 6.45) is 1.83. The van der Waals surface area contributed by atoms with Crippen LogP contribution < -0.4 is 0 Å². The number of aromatic hydroxyl groups is 1. The van der Waals surface area contributed by atoms with Crippen molar-refractivity contribution in [1.82, 2.24) is 4.98 Å². The second-order valence-corrected chi connectivity index (χ2v) is 4.48. The summed E-state index contributed by atoms with van der Waals surface area (Å²) in [4.78, 5) is 2.96. The van der Waals surface area contributed by atoms with Crippen LogP contribution in [-0.4, -0.2) is 20.7 Å². The van der Waals surface area contributed by atoms with Crippen LogP contribution >= 0.6 is 24.0 Å². The number of thioether (sulfide) groups is 1. The Kier molecular flexibility index (Phi) is 3.21. The molecule has 0 bridgehead atoms. The van der Waals surface area contributed by atoms with Crippen molar-refractivity contribution in [3.8, 4) is 5.75 Å². The van der Waals surface area contributed by atoms with Crippen molar-refractivity contribution in [2.45, 2.75) is 0 Å². The van der Waals surface area contributed by atoms with Crippen LogP contribution in [0.5, 0.6) is 5.75 Å². The summed E-state index contributed by atoms with van der Waals surface area (Å²) in [6.45, 7) is 0. The van der Waals surface area contributed by atoms with E-state index in [9.17, 15) is 5.11 Å². The van der Waals surface area contributed by atoms with E-state index in [1.807, 2.05) is 30.5 Å². The minimum absolute atomic E-state index is 0.100. The first-order chi connectivity index (χ1) is 7.72. The number of nitrogens with one attached hydrogen (secondary N) is 1. The highest BCUT2D eigenvalue weighted by Crippen LogP contribution is 2.34. The zero-order valence-corrected chi connectivity index (χ0v) is 10.1. The number of hydrogen-bond acceptors (Lipinski definition) is 4. The van der Waals surface area contributed by atoms with Crippen LogP contribution in [0.3, 0.4) is 0 Å². The molecule has 4 nitrogen and oxygen atoms in total. The third kappa shape index (κ3) is 2.07. The van der Waals surface area contributed by atoms with Crippen molar-refractivity contribution in [2.75, 3.05) is 6.26 Å². The highest BCUT2D eigenvalue weighted by Gasteiger charge is 2.08. The normalized spacial score (nSPS) is 11.3. The maximum Gasteiger partial charge on any atom is 0.196 e. The molecule has 16 heavy (non-hydrogen) atoms. The first-order valence-electron chi connectivity index (χ1n) is 4.51. The maximum absolute atomic E-state index is 9.84. The second-order valence-electron chi connectivity index (χ2n) is 3.04. The molecule has 1 heterocycles. The van der Waals surface area contributed by atoms with Crippen LogP contribution in [0.15, 0.2) is 34.5 Å². The molecular formula is C10H9N3OS2. The minimum Gasteiger partial charge on any atom is -0.504 e. The fourth-order valence-electron chi connectivity index (χ4n) is 1.32. The van der Waals surface area contributed by atoms with Crippen molar-refractivity contribution in [2.24, 2.45) is 10.2 Å². The Labute approximate surface area is 102 Å². The predicted molar refractivity (Wildman–Crippen MR) is 70.6 cm³/mol. The van der Waals surface area contributed by atoms with Crippen LogP contribution in [-0.2, 0) is 0 Å². The lowest BCUT2D eigenvalue weighted by molar-refractivity contribution is 0.482. The summed E-state index contributed by atoms with van der Waals surface area (Å²) < 4.78 is 0.429. The number of benzene rings is 1. The van der Waals surface area contributed by atoms with Crippen LogP contribution in [0.2, 0.25) is 0 Å². The second kappa shape index (κ2) is 4.63. The number of hydrogen-bond donors (Lipinski definition) is 2. The zero-order valence-electron chi connectivity index (χ0n) is 8.47. The van der Waals surface area contributed by atoms with Gasteiger partial charge in [0.2, 0.25) is 0 Å². The molecule has 0 spiro atoms. The highest BCUT2D eigenvalue weighted by atomic mass is 32.2. The lowest BCUT2D eigenvalue weighted by atomic mass is 10.2. The van der Waals surface area contributed by atoms with E-state index in [0.717, 1.165) is 10.9 Å². The Morgan fingerprint density at radius 3 is 2.88 bits per heavy atom. The van der Waals surface area contributed by atoms with Crippen LogP contribution in [0.1, 0.15) is 0 Å². The van der Waals surface area contributed by atoms with Gasteiger partial charge in [-0.3, -0.25) is 0 Å². The molecule has 0 fully saturated rings. The number of aromatic amines is 1. The number of rotatable bonds is 1. The Morgan fingerprint density at radius 1 is 1.44 bits per heavy atom.